The number of carboxylic acid groups (broad SMARTS) is 1. The van der Waals surface area contributed by atoms with Crippen LogP contribution in [-0.4, -0.2) is 52.2 Å². The van der Waals surface area contributed by atoms with Crippen LogP contribution >= 0.6 is 0 Å². The number of anilines is 2. The summed E-state index contributed by atoms with van der Waals surface area (Å²) in [5, 5.41) is 8.83. The van der Waals surface area contributed by atoms with Gasteiger partial charge in [0.15, 0.2) is 0 Å². The number of amides is 1. The molecule has 0 aliphatic carbocycles. The molecule has 92 valence electrons. The number of piperazine rings is 1. The van der Waals surface area contributed by atoms with E-state index in [1.807, 2.05) is 4.90 Å². The molecule has 0 spiro atoms. The first-order valence-corrected chi connectivity index (χ1v) is 5.23. The molecule has 0 aromatic carbocycles. The van der Waals surface area contributed by atoms with Crippen molar-refractivity contribution in [1.29, 1.82) is 0 Å². The molecule has 0 unspecified atom stereocenters. The number of hydrazine groups is 1. The van der Waals surface area contributed by atoms with Crippen molar-refractivity contribution in [3.63, 3.8) is 0 Å². The number of hydrogen-bond acceptors (Lipinski definition) is 6. The number of nitrogens with zero attached hydrogens (tertiary/aromatic N) is 4. The van der Waals surface area contributed by atoms with Crippen molar-refractivity contribution in [1.82, 2.24) is 14.9 Å². The summed E-state index contributed by atoms with van der Waals surface area (Å²) >= 11 is 0. The fourth-order valence-corrected chi connectivity index (χ4v) is 1.72. The predicted molar refractivity (Wildman–Crippen MR) is 61.7 cm³/mol. The van der Waals surface area contributed by atoms with Crippen LogP contribution in [0.15, 0.2) is 12.3 Å². The van der Waals surface area contributed by atoms with Crippen molar-refractivity contribution in [2.24, 2.45) is 5.84 Å². The first-order chi connectivity index (χ1) is 8.20. The van der Waals surface area contributed by atoms with Gasteiger partial charge in [-0.1, -0.05) is 0 Å². The van der Waals surface area contributed by atoms with E-state index < -0.39 is 6.09 Å². The molecule has 1 saturated heterocycles. The molecule has 0 bridgehead atoms. The van der Waals surface area contributed by atoms with Crippen LogP contribution in [0, 0.1) is 0 Å². The first kappa shape index (κ1) is 11.4. The van der Waals surface area contributed by atoms with Crippen LogP contribution < -0.4 is 16.2 Å². The lowest BCUT2D eigenvalue weighted by atomic mass is 10.3. The van der Waals surface area contributed by atoms with Crippen molar-refractivity contribution in [3.05, 3.63) is 12.3 Å². The van der Waals surface area contributed by atoms with Gasteiger partial charge in [0.1, 0.15) is 5.82 Å². The summed E-state index contributed by atoms with van der Waals surface area (Å²) in [6, 6.07) is 1.78. The molecular formula is C9H14N6O2. The van der Waals surface area contributed by atoms with E-state index in [-0.39, 0.29) is 0 Å². The monoisotopic (exact) mass is 238 g/mol. The van der Waals surface area contributed by atoms with Crippen molar-refractivity contribution in [3.8, 4) is 0 Å². The van der Waals surface area contributed by atoms with Crippen molar-refractivity contribution in [2.75, 3.05) is 36.5 Å². The molecule has 0 saturated carbocycles. The van der Waals surface area contributed by atoms with E-state index >= 15 is 0 Å². The summed E-state index contributed by atoms with van der Waals surface area (Å²) in [6.07, 6.45) is 0.734. The minimum absolute atomic E-state index is 0.350. The zero-order valence-electron chi connectivity index (χ0n) is 9.20. The minimum atomic E-state index is -0.878. The lowest BCUT2D eigenvalue weighted by molar-refractivity contribution is 0.142. The third-order valence-corrected chi connectivity index (χ3v) is 2.64. The Kier molecular flexibility index (Phi) is 3.24. The second kappa shape index (κ2) is 4.83. The summed E-state index contributed by atoms with van der Waals surface area (Å²) in [6.45, 7) is 2.19. The maximum atomic E-state index is 10.8. The summed E-state index contributed by atoms with van der Waals surface area (Å²) in [4.78, 5) is 22.3. The number of aromatic nitrogens is 2. The third kappa shape index (κ3) is 2.53. The Morgan fingerprint density at radius 1 is 1.41 bits per heavy atom. The van der Waals surface area contributed by atoms with Gasteiger partial charge in [0.05, 0.1) is 0 Å². The lowest BCUT2D eigenvalue weighted by Crippen LogP contribution is -2.48. The molecule has 1 fully saturated rings. The number of carbonyl (C=O) groups is 1. The molecule has 1 aliphatic heterocycles. The summed E-state index contributed by atoms with van der Waals surface area (Å²) in [5.74, 6) is 6.33. The molecule has 2 rings (SSSR count). The minimum Gasteiger partial charge on any atom is -0.465 e. The number of nitrogens with one attached hydrogen (secondary N) is 1. The molecule has 2 heterocycles. The predicted octanol–water partition coefficient (Wildman–Crippen LogP) is -0.438. The van der Waals surface area contributed by atoms with Gasteiger partial charge in [-0.25, -0.2) is 15.6 Å². The van der Waals surface area contributed by atoms with E-state index in [0.29, 0.717) is 32.1 Å². The van der Waals surface area contributed by atoms with Gasteiger partial charge in [-0.2, -0.15) is 4.98 Å². The molecule has 1 aromatic heterocycles. The summed E-state index contributed by atoms with van der Waals surface area (Å²) in [7, 11) is 0. The zero-order valence-corrected chi connectivity index (χ0v) is 9.20. The topological polar surface area (TPSA) is 108 Å². The Labute approximate surface area is 98.0 Å². The fourth-order valence-electron chi connectivity index (χ4n) is 1.72. The van der Waals surface area contributed by atoms with Gasteiger partial charge in [-0.3, -0.25) is 5.43 Å². The largest absolute Gasteiger partial charge is 0.465 e. The zero-order chi connectivity index (χ0) is 12.3. The SMILES string of the molecule is NNc1nccc(N2CCN(C(=O)O)CC2)n1. The second-order valence-corrected chi connectivity index (χ2v) is 3.64. The molecule has 8 nitrogen and oxygen atoms in total. The van der Waals surface area contributed by atoms with Crippen LogP contribution in [0.1, 0.15) is 0 Å². The van der Waals surface area contributed by atoms with Crippen LogP contribution in [-0.2, 0) is 0 Å². The summed E-state index contributed by atoms with van der Waals surface area (Å²) < 4.78 is 0. The van der Waals surface area contributed by atoms with Gasteiger partial charge >= 0.3 is 6.09 Å². The van der Waals surface area contributed by atoms with E-state index in [2.05, 4.69) is 15.4 Å². The van der Waals surface area contributed by atoms with E-state index in [0.717, 1.165) is 5.82 Å². The highest BCUT2D eigenvalue weighted by Gasteiger charge is 2.21. The highest BCUT2D eigenvalue weighted by atomic mass is 16.4. The van der Waals surface area contributed by atoms with Crippen LogP contribution in [0.2, 0.25) is 0 Å². The molecule has 1 aromatic rings. The number of nitrogens with two attached hydrogens (primary N) is 1. The van der Waals surface area contributed by atoms with Gasteiger partial charge in [0, 0.05) is 32.4 Å². The second-order valence-electron chi connectivity index (χ2n) is 3.64. The molecule has 1 aliphatic rings. The van der Waals surface area contributed by atoms with Gasteiger partial charge in [-0.15, -0.1) is 0 Å². The molecule has 0 atom stereocenters. The number of nitrogen functional groups attached to an aromatic ring is 1. The lowest BCUT2D eigenvalue weighted by Gasteiger charge is -2.33. The summed E-state index contributed by atoms with van der Waals surface area (Å²) in [5.41, 5.74) is 2.38. The smallest absolute Gasteiger partial charge is 0.407 e. The van der Waals surface area contributed by atoms with Crippen molar-refractivity contribution in [2.45, 2.75) is 0 Å². The van der Waals surface area contributed by atoms with Crippen LogP contribution in [0.5, 0.6) is 0 Å². The van der Waals surface area contributed by atoms with E-state index in [1.54, 1.807) is 12.3 Å². The first-order valence-electron chi connectivity index (χ1n) is 5.23. The molecule has 8 heteroatoms. The fraction of sp³-hybridized carbons (Fsp3) is 0.444. The Hall–Kier alpha value is -2.09. The van der Waals surface area contributed by atoms with Crippen LogP contribution in [0.4, 0.5) is 16.6 Å². The van der Waals surface area contributed by atoms with Gasteiger partial charge in [-0.05, 0) is 6.07 Å². The maximum Gasteiger partial charge on any atom is 0.407 e. The third-order valence-electron chi connectivity index (χ3n) is 2.64. The Morgan fingerprint density at radius 3 is 2.71 bits per heavy atom. The van der Waals surface area contributed by atoms with Crippen LogP contribution in [0.3, 0.4) is 0 Å². The average Bonchev–Trinajstić information content (AvgIpc) is 2.39. The Bertz CT molecular complexity index is 404. The van der Waals surface area contributed by atoms with Crippen LogP contribution in [0.25, 0.3) is 0 Å². The Morgan fingerprint density at radius 2 is 2.12 bits per heavy atom. The molecule has 0 radical (unpaired) electrons. The molecule has 1 amide bonds. The number of rotatable bonds is 2. The molecule has 17 heavy (non-hydrogen) atoms. The van der Waals surface area contributed by atoms with Crippen molar-refractivity contribution < 1.29 is 9.90 Å². The van der Waals surface area contributed by atoms with Gasteiger partial charge < -0.3 is 14.9 Å². The molecular weight excluding hydrogens is 224 g/mol. The number of hydrogen-bond donors (Lipinski definition) is 3. The Balaban J connectivity index is 2.02. The normalized spacial score (nSPS) is 15.8. The van der Waals surface area contributed by atoms with E-state index in [1.165, 1.54) is 4.90 Å². The quantitative estimate of drug-likeness (QED) is 0.473. The standard InChI is InChI=1S/C9H14N6O2/c10-13-8-11-2-1-7(12-8)14-3-5-15(6-4-14)9(16)17/h1-2H,3-6,10H2,(H,16,17)(H,11,12,13). The van der Waals surface area contributed by atoms with Gasteiger partial charge in [0.25, 0.3) is 0 Å². The highest BCUT2D eigenvalue weighted by Crippen LogP contribution is 2.14. The highest BCUT2D eigenvalue weighted by molar-refractivity contribution is 5.65. The maximum absolute atomic E-state index is 10.8. The average molecular weight is 238 g/mol. The van der Waals surface area contributed by atoms with Crippen molar-refractivity contribution >= 4 is 17.9 Å². The van der Waals surface area contributed by atoms with Gasteiger partial charge in [0.2, 0.25) is 5.95 Å². The van der Waals surface area contributed by atoms with E-state index in [4.69, 9.17) is 10.9 Å². The van der Waals surface area contributed by atoms with E-state index in [9.17, 15) is 4.79 Å². The molecule has 4 N–H and O–H groups in total.